The van der Waals surface area contributed by atoms with Gasteiger partial charge in [-0.2, -0.15) is 15.0 Å². The Kier molecular flexibility index (Phi) is 6.13. The Hall–Kier alpha value is -1.63. The molecule has 0 aliphatic carbocycles. The van der Waals surface area contributed by atoms with Crippen LogP contribution in [0.3, 0.4) is 0 Å². The van der Waals surface area contributed by atoms with Crippen molar-refractivity contribution >= 4 is 11.9 Å². The van der Waals surface area contributed by atoms with Gasteiger partial charge in [0, 0.05) is 20.1 Å². The Morgan fingerprint density at radius 3 is 2.56 bits per heavy atom. The molecule has 0 saturated carbocycles. The molecular weight excluding hydrogens is 234 g/mol. The lowest BCUT2D eigenvalue weighted by molar-refractivity contribution is 0.298. The highest BCUT2D eigenvalue weighted by Gasteiger charge is 2.12. The van der Waals surface area contributed by atoms with E-state index in [4.69, 9.17) is 9.84 Å². The maximum atomic E-state index is 9.06. The van der Waals surface area contributed by atoms with E-state index < -0.39 is 0 Å². The normalized spacial score (nSPS) is 10.2. The minimum absolute atomic E-state index is 0.0601. The van der Waals surface area contributed by atoms with Gasteiger partial charge in [0.05, 0.1) is 13.2 Å². The number of ether oxygens (including phenoxy) is 1. The standard InChI is InChI=1S/C11H21N5O2/c1-4-6-16(7-8-17)10-13-9(12-3)14-11(15-10)18-5-2/h17H,4-8H2,1-3H3,(H,12,13,14,15). The molecule has 0 aliphatic heterocycles. The van der Waals surface area contributed by atoms with Crippen molar-refractivity contribution in [3.63, 3.8) is 0 Å². The highest BCUT2D eigenvalue weighted by Crippen LogP contribution is 2.14. The molecule has 7 heteroatoms. The highest BCUT2D eigenvalue weighted by molar-refractivity contribution is 5.37. The first-order chi connectivity index (χ1) is 8.74. The molecule has 1 rings (SSSR count). The van der Waals surface area contributed by atoms with Gasteiger partial charge in [0.25, 0.3) is 0 Å². The van der Waals surface area contributed by atoms with Crippen LogP contribution in [0.15, 0.2) is 0 Å². The highest BCUT2D eigenvalue weighted by atomic mass is 16.5. The van der Waals surface area contributed by atoms with Crippen molar-refractivity contribution in [2.75, 3.05) is 43.6 Å². The average Bonchev–Trinajstić information content (AvgIpc) is 2.38. The van der Waals surface area contributed by atoms with Crippen molar-refractivity contribution in [1.82, 2.24) is 15.0 Å². The molecule has 102 valence electrons. The van der Waals surface area contributed by atoms with Crippen LogP contribution in [0.1, 0.15) is 20.3 Å². The fraction of sp³-hybridized carbons (Fsp3) is 0.727. The number of nitrogens with zero attached hydrogens (tertiary/aromatic N) is 4. The lowest BCUT2D eigenvalue weighted by atomic mass is 10.4. The molecule has 1 aromatic rings. The van der Waals surface area contributed by atoms with Crippen molar-refractivity contribution in [1.29, 1.82) is 0 Å². The Labute approximate surface area is 107 Å². The Bertz CT molecular complexity index is 355. The van der Waals surface area contributed by atoms with Crippen LogP contribution in [0.5, 0.6) is 6.01 Å². The minimum Gasteiger partial charge on any atom is -0.464 e. The molecule has 0 spiro atoms. The van der Waals surface area contributed by atoms with E-state index in [9.17, 15) is 0 Å². The number of hydrogen-bond donors (Lipinski definition) is 2. The van der Waals surface area contributed by atoms with Crippen LogP contribution in [0.25, 0.3) is 0 Å². The Morgan fingerprint density at radius 2 is 2.00 bits per heavy atom. The van der Waals surface area contributed by atoms with E-state index in [1.54, 1.807) is 7.05 Å². The first-order valence-corrected chi connectivity index (χ1v) is 6.17. The van der Waals surface area contributed by atoms with Crippen LogP contribution in [0.4, 0.5) is 11.9 Å². The monoisotopic (exact) mass is 255 g/mol. The maximum Gasteiger partial charge on any atom is 0.323 e. The molecular formula is C11H21N5O2. The first kappa shape index (κ1) is 14.4. The molecule has 0 atom stereocenters. The van der Waals surface area contributed by atoms with E-state index in [0.717, 1.165) is 13.0 Å². The van der Waals surface area contributed by atoms with Crippen LogP contribution in [-0.4, -0.2) is 53.4 Å². The third-order valence-corrected chi connectivity index (χ3v) is 2.25. The van der Waals surface area contributed by atoms with Crippen molar-refractivity contribution < 1.29 is 9.84 Å². The summed E-state index contributed by atoms with van der Waals surface area (Å²) in [6, 6.07) is 0.297. The third-order valence-electron chi connectivity index (χ3n) is 2.25. The van der Waals surface area contributed by atoms with Gasteiger partial charge in [-0.1, -0.05) is 6.92 Å². The predicted octanol–water partition coefficient (Wildman–Crippen LogP) is 0.521. The second kappa shape index (κ2) is 7.65. The van der Waals surface area contributed by atoms with E-state index in [1.807, 2.05) is 11.8 Å². The largest absolute Gasteiger partial charge is 0.464 e. The van der Waals surface area contributed by atoms with Gasteiger partial charge in [-0.3, -0.25) is 0 Å². The Morgan fingerprint density at radius 1 is 1.22 bits per heavy atom. The van der Waals surface area contributed by atoms with Crippen LogP contribution in [0, 0.1) is 0 Å². The SMILES string of the molecule is CCCN(CCO)c1nc(NC)nc(OCC)n1. The van der Waals surface area contributed by atoms with Gasteiger partial charge < -0.3 is 20.1 Å². The molecule has 0 bridgehead atoms. The van der Waals surface area contributed by atoms with E-state index >= 15 is 0 Å². The van der Waals surface area contributed by atoms with Gasteiger partial charge >= 0.3 is 6.01 Å². The van der Waals surface area contributed by atoms with Crippen molar-refractivity contribution in [2.45, 2.75) is 20.3 Å². The first-order valence-electron chi connectivity index (χ1n) is 6.17. The van der Waals surface area contributed by atoms with Crippen molar-refractivity contribution in [3.8, 4) is 6.01 Å². The zero-order valence-corrected chi connectivity index (χ0v) is 11.2. The smallest absolute Gasteiger partial charge is 0.323 e. The van der Waals surface area contributed by atoms with Gasteiger partial charge in [0.1, 0.15) is 0 Å². The molecule has 0 amide bonds. The van der Waals surface area contributed by atoms with Crippen LogP contribution >= 0.6 is 0 Å². The van der Waals surface area contributed by atoms with Gasteiger partial charge in [0.15, 0.2) is 0 Å². The summed E-state index contributed by atoms with van der Waals surface area (Å²) in [5, 5.41) is 11.9. The molecule has 0 aliphatic rings. The topological polar surface area (TPSA) is 83.4 Å². The fourth-order valence-electron chi connectivity index (χ4n) is 1.50. The lowest BCUT2D eigenvalue weighted by Gasteiger charge is -2.21. The molecule has 0 radical (unpaired) electrons. The molecule has 0 fully saturated rings. The van der Waals surface area contributed by atoms with Crippen LogP contribution in [-0.2, 0) is 0 Å². The second-order valence-electron chi connectivity index (χ2n) is 3.64. The summed E-state index contributed by atoms with van der Waals surface area (Å²) >= 11 is 0. The van der Waals surface area contributed by atoms with E-state index in [-0.39, 0.29) is 6.61 Å². The summed E-state index contributed by atoms with van der Waals surface area (Å²) in [5.74, 6) is 0.983. The second-order valence-corrected chi connectivity index (χ2v) is 3.64. The molecule has 2 N–H and O–H groups in total. The quantitative estimate of drug-likeness (QED) is 0.700. The van der Waals surface area contributed by atoms with Crippen LogP contribution in [0.2, 0.25) is 0 Å². The zero-order chi connectivity index (χ0) is 13.4. The Balaban J connectivity index is 2.99. The summed E-state index contributed by atoms with van der Waals surface area (Å²) < 4.78 is 5.30. The molecule has 0 aromatic carbocycles. The summed E-state index contributed by atoms with van der Waals surface area (Å²) in [5.41, 5.74) is 0. The van der Waals surface area contributed by atoms with Crippen molar-refractivity contribution in [3.05, 3.63) is 0 Å². The number of nitrogens with one attached hydrogen (secondary N) is 1. The fourth-order valence-corrected chi connectivity index (χ4v) is 1.50. The van der Waals surface area contributed by atoms with Gasteiger partial charge in [-0.25, -0.2) is 0 Å². The lowest BCUT2D eigenvalue weighted by Crippen LogP contribution is -2.29. The number of aliphatic hydroxyl groups excluding tert-OH is 1. The van der Waals surface area contributed by atoms with Crippen LogP contribution < -0.4 is 15.0 Å². The predicted molar refractivity (Wildman–Crippen MR) is 70.1 cm³/mol. The number of anilines is 2. The maximum absolute atomic E-state index is 9.06. The number of rotatable bonds is 8. The molecule has 1 heterocycles. The van der Waals surface area contributed by atoms with Gasteiger partial charge in [-0.15, -0.1) is 0 Å². The summed E-state index contributed by atoms with van der Waals surface area (Å²) in [4.78, 5) is 14.5. The molecule has 1 aromatic heterocycles. The minimum atomic E-state index is 0.0601. The van der Waals surface area contributed by atoms with E-state index in [2.05, 4.69) is 27.2 Å². The number of aliphatic hydroxyl groups is 1. The molecule has 18 heavy (non-hydrogen) atoms. The van der Waals surface area contributed by atoms with Gasteiger partial charge in [0.2, 0.25) is 11.9 Å². The number of aromatic nitrogens is 3. The van der Waals surface area contributed by atoms with E-state index in [0.29, 0.717) is 31.1 Å². The average molecular weight is 255 g/mol. The molecule has 7 nitrogen and oxygen atoms in total. The molecule has 0 saturated heterocycles. The summed E-state index contributed by atoms with van der Waals surface area (Å²) in [6.45, 7) is 5.77. The number of hydrogen-bond acceptors (Lipinski definition) is 7. The molecule has 0 unspecified atom stereocenters. The summed E-state index contributed by atoms with van der Waals surface area (Å²) in [6.07, 6.45) is 0.949. The zero-order valence-electron chi connectivity index (χ0n) is 11.2. The third kappa shape index (κ3) is 3.99. The van der Waals surface area contributed by atoms with E-state index in [1.165, 1.54) is 0 Å². The van der Waals surface area contributed by atoms with Gasteiger partial charge in [-0.05, 0) is 13.3 Å². The van der Waals surface area contributed by atoms with Crippen molar-refractivity contribution in [2.24, 2.45) is 0 Å². The summed E-state index contributed by atoms with van der Waals surface area (Å²) in [7, 11) is 1.74.